The molecule has 0 aromatic carbocycles. The minimum atomic E-state index is 0.333. The monoisotopic (exact) mass is 396 g/mol. The van der Waals surface area contributed by atoms with Crippen LogP contribution in [0.15, 0.2) is 14.3 Å². The maximum atomic E-state index is 5.97. The van der Waals surface area contributed by atoms with Crippen LogP contribution in [0.5, 0.6) is 0 Å². The minimum Gasteiger partial charge on any atom is -0.384 e. The van der Waals surface area contributed by atoms with E-state index in [0.717, 1.165) is 28.0 Å². The maximum Gasteiger partial charge on any atom is 0.0843 e. The van der Waals surface area contributed by atoms with Crippen molar-refractivity contribution in [2.45, 2.75) is 12.5 Å². The zero-order chi connectivity index (χ0) is 13.1. The quantitative estimate of drug-likeness (QED) is 0.828. The molecule has 0 radical (unpaired) electrons. The van der Waals surface area contributed by atoms with Crippen molar-refractivity contribution in [3.8, 4) is 0 Å². The molecule has 0 bridgehead atoms. The summed E-state index contributed by atoms with van der Waals surface area (Å²) in [5.41, 5.74) is 5.97. The van der Waals surface area contributed by atoms with Gasteiger partial charge in [-0.1, -0.05) is 0 Å². The Morgan fingerprint density at radius 3 is 2.94 bits per heavy atom. The molecule has 1 aromatic rings. The van der Waals surface area contributed by atoms with Gasteiger partial charge < -0.3 is 10.5 Å². The van der Waals surface area contributed by atoms with Gasteiger partial charge in [0.2, 0.25) is 0 Å². The molecule has 2 unspecified atom stereocenters. The van der Waals surface area contributed by atoms with Gasteiger partial charge in [0.15, 0.2) is 0 Å². The molecule has 0 saturated carbocycles. The molecule has 0 amide bonds. The van der Waals surface area contributed by atoms with E-state index in [2.05, 4.69) is 42.8 Å². The highest BCUT2D eigenvalue weighted by molar-refractivity contribution is 9.13. The lowest BCUT2D eigenvalue weighted by atomic mass is 10.1. The van der Waals surface area contributed by atoms with Crippen LogP contribution in [0.3, 0.4) is 0 Å². The Kier molecular flexibility index (Phi) is 5.65. The number of ether oxygens (including phenoxy) is 1. The van der Waals surface area contributed by atoms with Gasteiger partial charge in [-0.3, -0.25) is 4.90 Å². The zero-order valence-corrected chi connectivity index (χ0v) is 14.4. The Morgan fingerprint density at radius 1 is 1.61 bits per heavy atom. The first-order valence-corrected chi connectivity index (χ1v) is 8.43. The Labute approximate surface area is 129 Å². The van der Waals surface area contributed by atoms with Crippen molar-refractivity contribution in [2.75, 3.05) is 33.4 Å². The molecule has 1 fully saturated rings. The lowest BCUT2D eigenvalue weighted by Gasteiger charge is -2.25. The molecule has 3 nitrogen and oxygen atoms in total. The summed E-state index contributed by atoms with van der Waals surface area (Å²) in [5.74, 6) is 0.649. The smallest absolute Gasteiger partial charge is 0.0843 e. The van der Waals surface area contributed by atoms with Gasteiger partial charge in [-0.25, -0.2) is 0 Å². The fourth-order valence-electron chi connectivity index (χ4n) is 2.49. The Bertz CT molecular complexity index is 380. The highest BCUT2D eigenvalue weighted by atomic mass is 79.9. The number of rotatable bonds is 5. The molecule has 6 heteroatoms. The van der Waals surface area contributed by atoms with Crippen molar-refractivity contribution in [1.29, 1.82) is 0 Å². The van der Waals surface area contributed by atoms with Crippen LogP contribution < -0.4 is 5.73 Å². The van der Waals surface area contributed by atoms with Crippen molar-refractivity contribution in [3.63, 3.8) is 0 Å². The summed E-state index contributed by atoms with van der Waals surface area (Å²) in [5, 5.41) is 0. The van der Waals surface area contributed by atoms with Crippen molar-refractivity contribution >= 4 is 43.2 Å². The van der Waals surface area contributed by atoms with E-state index in [4.69, 9.17) is 10.5 Å². The normalized spacial score (nSPS) is 22.6. The summed E-state index contributed by atoms with van der Waals surface area (Å²) in [6, 6.07) is 2.51. The third kappa shape index (κ3) is 3.35. The second-order valence-corrected chi connectivity index (χ2v) is 7.88. The van der Waals surface area contributed by atoms with Crippen LogP contribution in [0, 0.1) is 5.92 Å². The number of halogens is 2. The van der Waals surface area contributed by atoms with Crippen LogP contribution in [-0.2, 0) is 4.74 Å². The third-order valence-corrected chi connectivity index (χ3v) is 6.73. The number of nitrogens with two attached hydrogens (primary N) is 1. The van der Waals surface area contributed by atoms with Crippen LogP contribution in [0.2, 0.25) is 0 Å². The third-order valence-electron chi connectivity index (χ3n) is 3.38. The Hall–Kier alpha value is 0.540. The number of thiophene rings is 1. The molecule has 1 aromatic heterocycles. The predicted octanol–water partition coefficient (Wildman–Crippen LogP) is 3.24. The molecule has 1 saturated heterocycles. The summed E-state index contributed by atoms with van der Waals surface area (Å²) in [6.45, 7) is 3.72. The lowest BCUT2D eigenvalue weighted by Crippen LogP contribution is -2.31. The number of methoxy groups -OCH3 is 1. The minimum absolute atomic E-state index is 0.333. The van der Waals surface area contributed by atoms with E-state index in [1.807, 2.05) is 0 Å². The summed E-state index contributed by atoms with van der Waals surface area (Å²) in [7, 11) is 1.77. The van der Waals surface area contributed by atoms with Crippen molar-refractivity contribution < 1.29 is 4.74 Å². The van der Waals surface area contributed by atoms with Crippen LogP contribution in [0.1, 0.15) is 17.3 Å². The average molecular weight is 398 g/mol. The van der Waals surface area contributed by atoms with Gasteiger partial charge in [-0.15, -0.1) is 11.3 Å². The predicted molar refractivity (Wildman–Crippen MR) is 83.1 cm³/mol. The van der Waals surface area contributed by atoms with Crippen molar-refractivity contribution in [3.05, 3.63) is 19.2 Å². The summed E-state index contributed by atoms with van der Waals surface area (Å²) in [4.78, 5) is 3.81. The largest absolute Gasteiger partial charge is 0.384 e. The highest BCUT2D eigenvalue weighted by Gasteiger charge is 2.29. The molecule has 2 N–H and O–H groups in total. The van der Waals surface area contributed by atoms with Gasteiger partial charge >= 0.3 is 0 Å². The second-order valence-electron chi connectivity index (χ2n) is 4.63. The van der Waals surface area contributed by atoms with Gasteiger partial charge in [0.25, 0.3) is 0 Å². The molecule has 0 aliphatic carbocycles. The topological polar surface area (TPSA) is 38.5 Å². The first-order chi connectivity index (χ1) is 8.65. The lowest BCUT2D eigenvalue weighted by molar-refractivity contribution is 0.148. The van der Waals surface area contributed by atoms with E-state index < -0.39 is 0 Å². The summed E-state index contributed by atoms with van der Waals surface area (Å²) >= 11 is 8.86. The van der Waals surface area contributed by atoms with Crippen LogP contribution in [-0.4, -0.2) is 38.3 Å². The fourth-order valence-corrected chi connectivity index (χ4v) is 4.73. The Morgan fingerprint density at radius 2 is 2.39 bits per heavy atom. The van der Waals surface area contributed by atoms with E-state index in [-0.39, 0.29) is 0 Å². The maximum absolute atomic E-state index is 5.97. The van der Waals surface area contributed by atoms with Crippen LogP contribution in [0.4, 0.5) is 0 Å². The summed E-state index contributed by atoms with van der Waals surface area (Å²) < 4.78 is 7.51. The molecule has 0 spiro atoms. The standard InChI is InChI=1S/C12H18Br2N2OS/c1-17-7-8-2-3-16(6-8)10(5-15)11-4-9(13)12(14)18-11/h4,8,10H,2-3,5-7,15H2,1H3. The molecule has 2 heterocycles. The molecule has 102 valence electrons. The number of likely N-dealkylation sites (tertiary alicyclic amines) is 1. The van der Waals surface area contributed by atoms with Gasteiger partial charge in [-0.2, -0.15) is 0 Å². The number of hydrogen-bond donors (Lipinski definition) is 1. The van der Waals surface area contributed by atoms with Gasteiger partial charge in [0, 0.05) is 29.5 Å². The molecule has 2 rings (SSSR count). The zero-order valence-electron chi connectivity index (χ0n) is 10.4. The van der Waals surface area contributed by atoms with E-state index in [1.54, 1.807) is 18.4 Å². The number of hydrogen-bond acceptors (Lipinski definition) is 4. The molecule has 1 aliphatic heterocycles. The molecule has 1 aliphatic rings. The van der Waals surface area contributed by atoms with E-state index >= 15 is 0 Å². The number of nitrogens with zero attached hydrogens (tertiary/aromatic N) is 1. The average Bonchev–Trinajstić information content (AvgIpc) is 2.90. The fraction of sp³-hybridized carbons (Fsp3) is 0.667. The van der Waals surface area contributed by atoms with E-state index in [9.17, 15) is 0 Å². The molecular formula is C12H18Br2N2OS. The van der Waals surface area contributed by atoms with Gasteiger partial charge in [0.05, 0.1) is 16.4 Å². The van der Waals surface area contributed by atoms with Crippen molar-refractivity contribution in [1.82, 2.24) is 4.90 Å². The Balaban J connectivity index is 2.05. The first-order valence-electron chi connectivity index (χ1n) is 6.03. The second kappa shape index (κ2) is 6.81. The van der Waals surface area contributed by atoms with Crippen molar-refractivity contribution in [2.24, 2.45) is 11.7 Å². The highest BCUT2D eigenvalue weighted by Crippen LogP contribution is 2.38. The first kappa shape index (κ1) is 14.9. The van der Waals surface area contributed by atoms with Crippen LogP contribution in [0.25, 0.3) is 0 Å². The molecule has 18 heavy (non-hydrogen) atoms. The summed E-state index contributed by atoms with van der Waals surface area (Å²) in [6.07, 6.45) is 1.21. The van der Waals surface area contributed by atoms with E-state index in [1.165, 1.54) is 11.3 Å². The van der Waals surface area contributed by atoms with Gasteiger partial charge in [0.1, 0.15) is 0 Å². The molecule has 2 atom stereocenters. The van der Waals surface area contributed by atoms with Crippen LogP contribution >= 0.6 is 43.2 Å². The SMILES string of the molecule is COCC1CCN(C(CN)c2cc(Br)c(Br)s2)C1. The van der Waals surface area contributed by atoms with E-state index in [0.29, 0.717) is 18.5 Å². The molecular weight excluding hydrogens is 380 g/mol. The van der Waals surface area contributed by atoms with Gasteiger partial charge in [-0.05, 0) is 56.8 Å².